The van der Waals surface area contributed by atoms with Crippen LogP contribution in [0.3, 0.4) is 0 Å². The Labute approximate surface area is 118 Å². The lowest BCUT2D eigenvalue weighted by molar-refractivity contribution is -0.127. The second-order valence-electron chi connectivity index (χ2n) is 4.35. The summed E-state index contributed by atoms with van der Waals surface area (Å²) in [4.78, 5) is 13.6. The lowest BCUT2D eigenvalue weighted by Crippen LogP contribution is -2.31. The third-order valence-electron chi connectivity index (χ3n) is 2.93. The minimum Gasteiger partial charge on any atom is -0.372 e. The molecule has 0 saturated carbocycles. The van der Waals surface area contributed by atoms with E-state index in [0.717, 1.165) is 27.6 Å². The van der Waals surface area contributed by atoms with Crippen molar-refractivity contribution in [2.45, 2.75) is 19.4 Å². The van der Waals surface area contributed by atoms with Gasteiger partial charge in [0.15, 0.2) is 0 Å². The van der Waals surface area contributed by atoms with Gasteiger partial charge in [-0.25, -0.2) is 0 Å². The standard InChI is InChI=1S/C12H14Br2N2O/c1-7-5-8(13)11(9(14)6-7)15-10-3-4-16(2)12(10)17/h5-6,10,15H,3-4H2,1-2H3. The molecule has 1 aliphatic heterocycles. The van der Waals surface area contributed by atoms with Gasteiger partial charge in [-0.1, -0.05) is 0 Å². The molecule has 1 aromatic rings. The first-order valence-corrected chi connectivity index (χ1v) is 7.05. The number of carbonyl (C=O) groups is 1. The highest BCUT2D eigenvalue weighted by Gasteiger charge is 2.29. The number of halogens is 2. The van der Waals surface area contributed by atoms with E-state index in [2.05, 4.69) is 37.2 Å². The number of nitrogens with zero attached hydrogens (tertiary/aromatic N) is 1. The van der Waals surface area contributed by atoms with Gasteiger partial charge in [-0.3, -0.25) is 4.79 Å². The molecule has 1 aliphatic rings. The minimum atomic E-state index is -0.115. The number of hydrogen-bond acceptors (Lipinski definition) is 2. The molecular weight excluding hydrogens is 348 g/mol. The van der Waals surface area contributed by atoms with Crippen molar-refractivity contribution in [1.82, 2.24) is 4.90 Å². The van der Waals surface area contributed by atoms with E-state index in [-0.39, 0.29) is 11.9 Å². The Morgan fingerprint density at radius 2 is 1.94 bits per heavy atom. The molecular formula is C12H14Br2N2O. The molecule has 1 amide bonds. The Balaban J connectivity index is 2.22. The molecule has 5 heteroatoms. The van der Waals surface area contributed by atoms with E-state index in [1.165, 1.54) is 5.56 Å². The van der Waals surface area contributed by atoms with E-state index in [4.69, 9.17) is 0 Å². The third-order valence-corrected chi connectivity index (χ3v) is 4.18. The number of likely N-dealkylation sites (tertiary alicyclic amines) is 1. The molecule has 3 nitrogen and oxygen atoms in total. The summed E-state index contributed by atoms with van der Waals surface area (Å²) in [7, 11) is 1.84. The second-order valence-corrected chi connectivity index (χ2v) is 6.06. The van der Waals surface area contributed by atoms with Crippen molar-refractivity contribution in [3.63, 3.8) is 0 Å². The molecule has 1 N–H and O–H groups in total. The van der Waals surface area contributed by atoms with Crippen LogP contribution in [-0.4, -0.2) is 30.4 Å². The monoisotopic (exact) mass is 360 g/mol. The third kappa shape index (κ3) is 2.65. The van der Waals surface area contributed by atoms with Crippen LogP contribution in [0, 0.1) is 6.92 Å². The molecule has 0 spiro atoms. The van der Waals surface area contributed by atoms with Crippen LogP contribution in [0.5, 0.6) is 0 Å². The number of hydrogen-bond donors (Lipinski definition) is 1. The molecule has 0 aromatic heterocycles. The van der Waals surface area contributed by atoms with E-state index in [1.54, 1.807) is 4.90 Å². The fraction of sp³-hybridized carbons (Fsp3) is 0.417. The quantitative estimate of drug-likeness (QED) is 0.877. The predicted octanol–water partition coefficient (Wildman–Crippen LogP) is 3.16. The number of carbonyl (C=O) groups excluding carboxylic acids is 1. The first-order chi connectivity index (χ1) is 7.99. The van der Waals surface area contributed by atoms with E-state index < -0.39 is 0 Å². The fourth-order valence-electron chi connectivity index (χ4n) is 1.97. The number of benzene rings is 1. The maximum Gasteiger partial charge on any atom is 0.244 e. The van der Waals surface area contributed by atoms with Crippen molar-refractivity contribution >= 4 is 43.5 Å². The van der Waals surface area contributed by atoms with E-state index in [0.29, 0.717) is 0 Å². The molecule has 0 radical (unpaired) electrons. The molecule has 0 bridgehead atoms. The lowest BCUT2D eigenvalue weighted by atomic mass is 10.2. The number of nitrogens with one attached hydrogen (secondary N) is 1. The van der Waals surface area contributed by atoms with Gasteiger partial charge in [0.25, 0.3) is 0 Å². The topological polar surface area (TPSA) is 32.3 Å². The summed E-state index contributed by atoms with van der Waals surface area (Å²) in [6.07, 6.45) is 0.849. The average molecular weight is 362 g/mol. The zero-order chi connectivity index (χ0) is 12.6. The summed E-state index contributed by atoms with van der Waals surface area (Å²) in [6.45, 7) is 2.85. The molecule has 1 unspecified atom stereocenters. The van der Waals surface area contributed by atoms with Gasteiger partial charge in [0, 0.05) is 22.5 Å². The largest absolute Gasteiger partial charge is 0.372 e. The van der Waals surface area contributed by atoms with Gasteiger partial charge in [-0.2, -0.15) is 0 Å². The van der Waals surface area contributed by atoms with Crippen molar-refractivity contribution in [3.05, 3.63) is 26.6 Å². The maximum atomic E-state index is 11.8. The zero-order valence-electron chi connectivity index (χ0n) is 9.76. The van der Waals surface area contributed by atoms with Gasteiger partial charge in [-0.15, -0.1) is 0 Å². The van der Waals surface area contributed by atoms with Crippen LogP contribution in [-0.2, 0) is 4.79 Å². The van der Waals surface area contributed by atoms with Crippen LogP contribution in [0.2, 0.25) is 0 Å². The second kappa shape index (κ2) is 4.98. The average Bonchev–Trinajstić information content (AvgIpc) is 2.54. The highest BCUT2D eigenvalue weighted by Crippen LogP contribution is 2.33. The normalized spacial score (nSPS) is 19.9. The highest BCUT2D eigenvalue weighted by atomic mass is 79.9. The molecule has 1 atom stereocenters. The molecule has 0 aliphatic carbocycles. The van der Waals surface area contributed by atoms with Crippen LogP contribution >= 0.6 is 31.9 Å². The van der Waals surface area contributed by atoms with E-state index in [9.17, 15) is 4.79 Å². The minimum absolute atomic E-state index is 0.115. The van der Waals surface area contributed by atoms with Crippen molar-refractivity contribution in [2.75, 3.05) is 18.9 Å². The number of amides is 1. The summed E-state index contributed by atoms with van der Waals surface area (Å²) in [6, 6.07) is 3.96. The summed E-state index contributed by atoms with van der Waals surface area (Å²) in [5, 5.41) is 3.30. The SMILES string of the molecule is Cc1cc(Br)c(NC2CCN(C)C2=O)c(Br)c1. The number of likely N-dealkylation sites (N-methyl/N-ethyl adjacent to an activating group) is 1. The summed E-state index contributed by atoms with van der Waals surface area (Å²) >= 11 is 7.05. The Morgan fingerprint density at radius 3 is 2.41 bits per heavy atom. The Kier molecular flexibility index (Phi) is 3.78. The van der Waals surface area contributed by atoms with Gasteiger partial charge in [-0.05, 0) is 62.9 Å². The number of rotatable bonds is 2. The van der Waals surface area contributed by atoms with Crippen LogP contribution in [0.1, 0.15) is 12.0 Å². The number of aryl methyl sites for hydroxylation is 1. The molecule has 1 saturated heterocycles. The van der Waals surface area contributed by atoms with Crippen LogP contribution in [0.15, 0.2) is 21.1 Å². The van der Waals surface area contributed by atoms with Crippen LogP contribution in [0.25, 0.3) is 0 Å². The van der Waals surface area contributed by atoms with Crippen molar-refractivity contribution in [2.24, 2.45) is 0 Å². The summed E-state index contributed by atoms with van der Waals surface area (Å²) < 4.78 is 1.96. The van der Waals surface area contributed by atoms with Gasteiger partial charge < -0.3 is 10.2 Å². The van der Waals surface area contributed by atoms with E-state index >= 15 is 0 Å². The smallest absolute Gasteiger partial charge is 0.244 e. The van der Waals surface area contributed by atoms with Crippen LogP contribution < -0.4 is 5.32 Å². The summed E-state index contributed by atoms with van der Waals surface area (Å²) in [5.74, 6) is 0.157. The van der Waals surface area contributed by atoms with Crippen molar-refractivity contribution in [3.8, 4) is 0 Å². The molecule has 2 rings (SSSR count). The molecule has 1 fully saturated rings. The van der Waals surface area contributed by atoms with Crippen LogP contribution in [0.4, 0.5) is 5.69 Å². The Morgan fingerprint density at radius 1 is 1.35 bits per heavy atom. The van der Waals surface area contributed by atoms with Gasteiger partial charge in [0.2, 0.25) is 5.91 Å². The highest BCUT2D eigenvalue weighted by molar-refractivity contribution is 9.11. The first-order valence-electron chi connectivity index (χ1n) is 5.46. The van der Waals surface area contributed by atoms with Crippen molar-refractivity contribution < 1.29 is 4.79 Å². The fourth-order valence-corrected chi connectivity index (χ4v) is 3.61. The van der Waals surface area contributed by atoms with Gasteiger partial charge in [0.05, 0.1) is 5.69 Å². The maximum absolute atomic E-state index is 11.8. The molecule has 17 heavy (non-hydrogen) atoms. The first kappa shape index (κ1) is 12.9. The lowest BCUT2D eigenvalue weighted by Gasteiger charge is -2.16. The predicted molar refractivity (Wildman–Crippen MR) is 76.2 cm³/mol. The van der Waals surface area contributed by atoms with E-state index in [1.807, 2.05) is 26.1 Å². The molecule has 1 aromatic carbocycles. The number of anilines is 1. The van der Waals surface area contributed by atoms with Gasteiger partial charge >= 0.3 is 0 Å². The Hall–Kier alpha value is -0.550. The summed E-state index contributed by atoms with van der Waals surface area (Å²) in [5.41, 5.74) is 2.12. The molecule has 1 heterocycles. The molecule has 92 valence electrons. The Bertz CT molecular complexity index is 439. The van der Waals surface area contributed by atoms with Gasteiger partial charge in [0.1, 0.15) is 6.04 Å². The van der Waals surface area contributed by atoms with Crippen molar-refractivity contribution in [1.29, 1.82) is 0 Å². The zero-order valence-corrected chi connectivity index (χ0v) is 12.9.